The average molecular weight is 330 g/mol. The molecule has 5 heteroatoms. The summed E-state index contributed by atoms with van der Waals surface area (Å²) in [6.07, 6.45) is 2.15. The van der Waals surface area contributed by atoms with E-state index in [0.29, 0.717) is 16.3 Å². The van der Waals surface area contributed by atoms with Crippen molar-refractivity contribution in [1.29, 1.82) is 0 Å². The van der Waals surface area contributed by atoms with Crippen LogP contribution >= 0.6 is 15.9 Å². The summed E-state index contributed by atoms with van der Waals surface area (Å²) >= 11 is 3.36. The minimum absolute atomic E-state index is 0.153. The zero-order chi connectivity index (χ0) is 13.8. The molecule has 1 aromatic rings. The summed E-state index contributed by atoms with van der Waals surface area (Å²) in [5, 5.41) is 9.80. The number of phenolic OH excluding ortho intramolecular Hbond substituents is 1. The van der Waals surface area contributed by atoms with Crippen LogP contribution in [-0.4, -0.2) is 43.4 Å². The minimum Gasteiger partial charge on any atom is -0.503 e. The van der Waals surface area contributed by atoms with Crippen LogP contribution in [0, 0.1) is 0 Å². The van der Waals surface area contributed by atoms with Crippen molar-refractivity contribution in [2.45, 2.75) is 25.4 Å². The molecule has 1 fully saturated rings. The fourth-order valence-electron chi connectivity index (χ4n) is 2.42. The fraction of sp³-hybridized carbons (Fsp3) is 0.571. The molecule has 1 heterocycles. The number of aromatic hydroxyl groups is 1. The highest BCUT2D eigenvalue weighted by Gasteiger charge is 2.19. The van der Waals surface area contributed by atoms with Crippen LogP contribution in [0.25, 0.3) is 0 Å². The van der Waals surface area contributed by atoms with E-state index in [9.17, 15) is 5.11 Å². The van der Waals surface area contributed by atoms with Gasteiger partial charge in [-0.25, -0.2) is 0 Å². The fourth-order valence-corrected chi connectivity index (χ4v) is 2.91. The van der Waals surface area contributed by atoms with Crippen LogP contribution in [0.2, 0.25) is 0 Å². The molecule has 0 unspecified atom stereocenters. The minimum atomic E-state index is 0.153. The summed E-state index contributed by atoms with van der Waals surface area (Å²) in [7, 11) is 3.69. The Morgan fingerprint density at radius 2 is 2.11 bits per heavy atom. The average Bonchev–Trinajstić information content (AvgIpc) is 2.43. The molecular weight excluding hydrogens is 310 g/mol. The van der Waals surface area contributed by atoms with Crippen molar-refractivity contribution < 1.29 is 14.6 Å². The van der Waals surface area contributed by atoms with Crippen LogP contribution in [0.3, 0.4) is 0 Å². The molecule has 0 radical (unpaired) electrons. The monoisotopic (exact) mass is 329 g/mol. The predicted octanol–water partition coefficient (Wildman–Crippen LogP) is 2.77. The number of ether oxygens (including phenoxy) is 2. The molecule has 1 saturated heterocycles. The number of phenols is 1. The van der Waals surface area contributed by atoms with E-state index < -0.39 is 0 Å². The van der Waals surface area contributed by atoms with E-state index in [1.807, 2.05) is 12.1 Å². The van der Waals surface area contributed by atoms with E-state index in [1.165, 1.54) is 0 Å². The van der Waals surface area contributed by atoms with Gasteiger partial charge < -0.3 is 14.6 Å². The summed E-state index contributed by atoms with van der Waals surface area (Å²) < 4.78 is 11.2. The highest BCUT2D eigenvalue weighted by Crippen LogP contribution is 2.35. The second kappa shape index (κ2) is 6.59. The number of hydrogen-bond acceptors (Lipinski definition) is 4. The van der Waals surface area contributed by atoms with Crippen LogP contribution in [0.4, 0.5) is 0 Å². The summed E-state index contributed by atoms with van der Waals surface area (Å²) in [4.78, 5) is 2.33. The van der Waals surface area contributed by atoms with Gasteiger partial charge in [0.1, 0.15) is 0 Å². The van der Waals surface area contributed by atoms with Crippen molar-refractivity contribution >= 4 is 15.9 Å². The van der Waals surface area contributed by atoms with Gasteiger partial charge in [-0.2, -0.15) is 0 Å². The third-order valence-corrected chi connectivity index (χ3v) is 4.16. The lowest BCUT2D eigenvalue weighted by Crippen LogP contribution is -2.36. The first kappa shape index (κ1) is 14.6. The molecule has 0 bridgehead atoms. The van der Waals surface area contributed by atoms with Crippen molar-refractivity contribution in [2.75, 3.05) is 27.4 Å². The van der Waals surface area contributed by atoms with Gasteiger partial charge in [0.05, 0.1) is 11.6 Å². The van der Waals surface area contributed by atoms with Gasteiger partial charge in [0.2, 0.25) is 0 Å². The quantitative estimate of drug-likeness (QED) is 0.922. The van der Waals surface area contributed by atoms with E-state index in [-0.39, 0.29) is 5.75 Å². The molecule has 1 aliphatic heterocycles. The SMILES string of the molecule is COc1cc(CN(C)C2CCOCC2)cc(Br)c1O. The van der Waals surface area contributed by atoms with Crippen molar-refractivity contribution in [2.24, 2.45) is 0 Å². The summed E-state index contributed by atoms with van der Waals surface area (Å²) in [6.45, 7) is 2.52. The molecule has 4 nitrogen and oxygen atoms in total. The molecule has 1 N–H and O–H groups in total. The van der Waals surface area contributed by atoms with Gasteiger partial charge in [0.15, 0.2) is 11.5 Å². The van der Waals surface area contributed by atoms with Gasteiger partial charge in [0.25, 0.3) is 0 Å². The second-order valence-corrected chi connectivity index (χ2v) is 5.74. The third kappa shape index (κ3) is 3.61. The highest BCUT2D eigenvalue weighted by atomic mass is 79.9. The number of rotatable bonds is 4. The van der Waals surface area contributed by atoms with Crippen LogP contribution in [0.1, 0.15) is 18.4 Å². The van der Waals surface area contributed by atoms with E-state index in [4.69, 9.17) is 9.47 Å². The van der Waals surface area contributed by atoms with Crippen LogP contribution in [0.15, 0.2) is 16.6 Å². The lowest BCUT2D eigenvalue weighted by atomic mass is 10.1. The van der Waals surface area contributed by atoms with Crippen molar-refractivity contribution in [3.63, 3.8) is 0 Å². The maximum Gasteiger partial charge on any atom is 0.172 e. The number of hydrogen-bond donors (Lipinski definition) is 1. The zero-order valence-corrected chi connectivity index (χ0v) is 12.9. The van der Waals surface area contributed by atoms with Crippen molar-refractivity contribution in [1.82, 2.24) is 4.90 Å². The van der Waals surface area contributed by atoms with Gasteiger partial charge >= 0.3 is 0 Å². The summed E-state index contributed by atoms with van der Waals surface area (Å²) in [5.74, 6) is 0.657. The lowest BCUT2D eigenvalue weighted by Gasteiger charge is -2.31. The van der Waals surface area contributed by atoms with E-state index in [2.05, 4.69) is 27.9 Å². The molecule has 2 rings (SSSR count). The van der Waals surface area contributed by atoms with Crippen LogP contribution in [-0.2, 0) is 11.3 Å². The molecule has 0 spiro atoms. The normalized spacial score (nSPS) is 16.8. The Bertz CT molecular complexity index is 433. The highest BCUT2D eigenvalue weighted by molar-refractivity contribution is 9.10. The lowest BCUT2D eigenvalue weighted by molar-refractivity contribution is 0.0406. The van der Waals surface area contributed by atoms with Crippen molar-refractivity contribution in [3.05, 3.63) is 22.2 Å². The third-order valence-electron chi connectivity index (χ3n) is 3.55. The van der Waals surface area contributed by atoms with Crippen molar-refractivity contribution in [3.8, 4) is 11.5 Å². The molecule has 0 amide bonds. The van der Waals surface area contributed by atoms with Gasteiger partial charge in [-0.1, -0.05) is 0 Å². The Kier molecular flexibility index (Phi) is 5.07. The van der Waals surface area contributed by atoms with Crippen LogP contribution in [0.5, 0.6) is 11.5 Å². The number of methoxy groups -OCH3 is 1. The molecule has 0 aliphatic carbocycles. The Balaban J connectivity index is 2.07. The smallest absolute Gasteiger partial charge is 0.172 e. The van der Waals surface area contributed by atoms with Gasteiger partial charge in [-0.05, 0) is 53.5 Å². The Morgan fingerprint density at radius 1 is 1.42 bits per heavy atom. The molecule has 0 atom stereocenters. The molecule has 106 valence electrons. The molecule has 0 saturated carbocycles. The Morgan fingerprint density at radius 3 is 2.74 bits per heavy atom. The van der Waals surface area contributed by atoms with E-state index in [1.54, 1.807) is 7.11 Å². The van der Waals surface area contributed by atoms with Crippen LogP contribution < -0.4 is 4.74 Å². The maximum absolute atomic E-state index is 9.80. The molecule has 1 aromatic carbocycles. The molecule has 0 aromatic heterocycles. The first-order valence-electron chi connectivity index (χ1n) is 6.45. The predicted molar refractivity (Wildman–Crippen MR) is 77.7 cm³/mol. The topological polar surface area (TPSA) is 41.9 Å². The van der Waals surface area contributed by atoms with Gasteiger partial charge in [0, 0.05) is 25.8 Å². The van der Waals surface area contributed by atoms with E-state index in [0.717, 1.165) is 38.2 Å². The Labute approximate surface area is 122 Å². The zero-order valence-electron chi connectivity index (χ0n) is 11.4. The Hall–Kier alpha value is -0.780. The summed E-state index contributed by atoms with van der Waals surface area (Å²) in [6, 6.07) is 4.39. The molecular formula is C14H20BrNO3. The van der Waals surface area contributed by atoms with E-state index >= 15 is 0 Å². The summed E-state index contributed by atoms with van der Waals surface area (Å²) in [5.41, 5.74) is 1.12. The standard InChI is InChI=1S/C14H20BrNO3/c1-16(11-3-5-19-6-4-11)9-10-7-12(15)14(17)13(8-10)18-2/h7-8,11,17H,3-6,9H2,1-2H3. The number of halogens is 1. The molecule has 19 heavy (non-hydrogen) atoms. The molecule has 1 aliphatic rings. The van der Waals surface area contributed by atoms with Gasteiger partial charge in [-0.3, -0.25) is 4.90 Å². The first-order valence-corrected chi connectivity index (χ1v) is 7.24. The van der Waals surface area contributed by atoms with Gasteiger partial charge in [-0.15, -0.1) is 0 Å². The first-order chi connectivity index (χ1) is 9.11. The maximum atomic E-state index is 9.80. The largest absolute Gasteiger partial charge is 0.503 e. The number of nitrogens with zero attached hydrogens (tertiary/aromatic N) is 1. The number of benzene rings is 1. The second-order valence-electron chi connectivity index (χ2n) is 4.89.